The summed E-state index contributed by atoms with van der Waals surface area (Å²) < 4.78 is 1.11. The average molecular weight is 258 g/mol. The molecule has 4 N–H and O–H groups in total. The van der Waals surface area contributed by atoms with Crippen LogP contribution in [0.5, 0.6) is 0 Å². The van der Waals surface area contributed by atoms with E-state index in [1.807, 2.05) is 0 Å². The minimum absolute atomic E-state index is 0.164. The Morgan fingerprint density at radius 2 is 2.00 bits per heavy atom. The lowest BCUT2D eigenvalue weighted by Gasteiger charge is -2.14. The zero-order valence-electron chi connectivity index (χ0n) is 9.59. The summed E-state index contributed by atoms with van der Waals surface area (Å²) in [6, 6.07) is -0.914. The maximum atomic E-state index is 10.7. The van der Waals surface area contributed by atoms with E-state index in [1.54, 1.807) is 0 Å². The van der Waals surface area contributed by atoms with Gasteiger partial charge in [0.1, 0.15) is 12.1 Å². The van der Waals surface area contributed by atoms with E-state index in [9.17, 15) is 19.8 Å². The smallest absolute Gasteiger partial charge is 0.328 e. The number of aliphatic hydroxyl groups excluding tert-OH is 2. The molecule has 1 aromatic heterocycles. The Kier molecular flexibility index (Phi) is 4.40. The average Bonchev–Trinajstić information content (AvgIpc) is 2.74. The first-order valence-electron chi connectivity index (χ1n) is 5.17. The first kappa shape index (κ1) is 14.1. The Labute approximate surface area is 102 Å². The molecule has 0 amide bonds. The van der Waals surface area contributed by atoms with Gasteiger partial charge in [0.2, 0.25) is 0 Å². The summed E-state index contributed by atoms with van der Waals surface area (Å²) >= 11 is 0. The second-order valence-electron chi connectivity index (χ2n) is 3.88. The predicted octanol–water partition coefficient (Wildman–Crippen LogP) is -0.602. The Morgan fingerprint density at radius 3 is 2.50 bits per heavy atom. The van der Waals surface area contributed by atoms with Crippen molar-refractivity contribution in [1.82, 2.24) is 9.78 Å². The normalized spacial score (nSPS) is 15.9. The van der Waals surface area contributed by atoms with Crippen LogP contribution in [-0.4, -0.2) is 48.2 Å². The Hall–Kier alpha value is -1.93. The van der Waals surface area contributed by atoms with E-state index < -0.39 is 36.6 Å². The number of nitrogens with zero attached hydrogens (tertiary/aromatic N) is 2. The number of hydrogen-bond donors (Lipinski definition) is 4. The number of aliphatic carboxylic acids is 2. The van der Waals surface area contributed by atoms with Gasteiger partial charge in [-0.2, -0.15) is 5.10 Å². The van der Waals surface area contributed by atoms with Gasteiger partial charge in [0.05, 0.1) is 18.7 Å². The molecule has 2 unspecified atom stereocenters. The molecule has 1 rings (SSSR count). The maximum absolute atomic E-state index is 10.7. The summed E-state index contributed by atoms with van der Waals surface area (Å²) in [6.45, 7) is 1.40. The third kappa shape index (κ3) is 3.28. The monoisotopic (exact) mass is 258 g/mol. The number of carboxylic acids is 2. The fraction of sp³-hybridized carbons (Fsp3) is 0.500. The van der Waals surface area contributed by atoms with Crippen molar-refractivity contribution in [3.05, 3.63) is 18.0 Å². The molecule has 0 aliphatic rings. The fourth-order valence-electron chi connectivity index (χ4n) is 1.34. The number of rotatable bonds is 6. The van der Waals surface area contributed by atoms with Crippen molar-refractivity contribution < 1.29 is 30.0 Å². The highest BCUT2D eigenvalue weighted by Gasteiger charge is 2.23. The van der Waals surface area contributed by atoms with Crippen LogP contribution in [0.15, 0.2) is 12.4 Å². The summed E-state index contributed by atoms with van der Waals surface area (Å²) in [7, 11) is 0. The molecular weight excluding hydrogens is 244 g/mol. The number of aliphatic hydroxyl groups is 2. The SMILES string of the molecule is C[C@@H](C(=O)O)n1cc(C(O)C(O)CC(=O)O)cn1. The van der Waals surface area contributed by atoms with Crippen molar-refractivity contribution in [3.8, 4) is 0 Å². The van der Waals surface area contributed by atoms with E-state index in [0.717, 1.165) is 4.68 Å². The van der Waals surface area contributed by atoms with Crippen LogP contribution in [0.3, 0.4) is 0 Å². The van der Waals surface area contributed by atoms with E-state index in [-0.39, 0.29) is 5.56 Å². The molecule has 100 valence electrons. The van der Waals surface area contributed by atoms with Crippen LogP contribution in [0.4, 0.5) is 0 Å². The topological polar surface area (TPSA) is 133 Å². The number of carbonyl (C=O) groups is 2. The van der Waals surface area contributed by atoms with Crippen LogP contribution in [0.2, 0.25) is 0 Å². The second-order valence-corrected chi connectivity index (χ2v) is 3.88. The predicted molar refractivity (Wildman–Crippen MR) is 57.8 cm³/mol. The van der Waals surface area contributed by atoms with Crippen molar-refractivity contribution in [2.24, 2.45) is 0 Å². The summed E-state index contributed by atoms with van der Waals surface area (Å²) in [6.07, 6.45) is -1.05. The molecule has 0 saturated carbocycles. The number of carboxylic acid groups (broad SMARTS) is 2. The van der Waals surface area contributed by atoms with Crippen LogP contribution in [0, 0.1) is 0 Å². The lowest BCUT2D eigenvalue weighted by Crippen LogP contribution is -2.21. The molecular formula is C10H14N2O6. The summed E-state index contributed by atoms with van der Waals surface area (Å²) in [5, 5.41) is 40.0. The van der Waals surface area contributed by atoms with Gasteiger partial charge in [-0.3, -0.25) is 9.48 Å². The first-order chi connectivity index (χ1) is 8.32. The van der Waals surface area contributed by atoms with Crippen molar-refractivity contribution in [2.45, 2.75) is 31.6 Å². The molecule has 0 aliphatic carbocycles. The second kappa shape index (κ2) is 5.61. The summed E-state index contributed by atoms with van der Waals surface area (Å²) in [5.74, 6) is -2.34. The van der Waals surface area contributed by atoms with Crippen LogP contribution in [0.1, 0.15) is 31.1 Å². The van der Waals surface area contributed by atoms with Crippen molar-refractivity contribution >= 4 is 11.9 Å². The van der Waals surface area contributed by atoms with Crippen molar-refractivity contribution in [2.75, 3.05) is 0 Å². The van der Waals surface area contributed by atoms with Gasteiger partial charge in [0.15, 0.2) is 0 Å². The highest BCUT2D eigenvalue weighted by molar-refractivity contribution is 5.71. The van der Waals surface area contributed by atoms with Crippen LogP contribution in [0.25, 0.3) is 0 Å². The Bertz CT molecular complexity index is 443. The molecule has 8 heteroatoms. The molecule has 0 fully saturated rings. The highest BCUT2D eigenvalue weighted by atomic mass is 16.4. The third-order valence-electron chi connectivity index (χ3n) is 2.47. The van der Waals surface area contributed by atoms with E-state index in [1.165, 1.54) is 19.3 Å². The molecule has 0 radical (unpaired) electrons. The molecule has 0 saturated heterocycles. The molecule has 1 heterocycles. The van der Waals surface area contributed by atoms with Crippen LogP contribution < -0.4 is 0 Å². The minimum Gasteiger partial charge on any atom is -0.481 e. The van der Waals surface area contributed by atoms with E-state index in [2.05, 4.69) is 5.10 Å². The summed E-state index contributed by atoms with van der Waals surface area (Å²) in [5.41, 5.74) is 0.164. The summed E-state index contributed by atoms with van der Waals surface area (Å²) in [4.78, 5) is 21.1. The molecule has 18 heavy (non-hydrogen) atoms. The Morgan fingerprint density at radius 1 is 1.39 bits per heavy atom. The minimum atomic E-state index is -1.47. The van der Waals surface area contributed by atoms with Crippen LogP contribution >= 0.6 is 0 Å². The van der Waals surface area contributed by atoms with Gasteiger partial charge < -0.3 is 20.4 Å². The Balaban J connectivity index is 2.79. The molecule has 1 aromatic rings. The fourth-order valence-corrected chi connectivity index (χ4v) is 1.34. The standard InChI is InChI=1S/C10H14N2O6/c1-5(10(17)18)12-4-6(3-11-12)9(16)7(13)2-8(14)15/h3-5,7,9,13,16H,2H2,1H3,(H,14,15)(H,17,18)/t5-,7?,9?/m0/s1. The lowest BCUT2D eigenvalue weighted by molar-refractivity contribution is -0.141. The number of aromatic nitrogens is 2. The molecule has 3 atom stereocenters. The lowest BCUT2D eigenvalue weighted by atomic mass is 10.1. The number of hydrogen-bond acceptors (Lipinski definition) is 5. The van der Waals surface area contributed by atoms with Crippen molar-refractivity contribution in [3.63, 3.8) is 0 Å². The van der Waals surface area contributed by atoms with Crippen molar-refractivity contribution in [1.29, 1.82) is 0 Å². The first-order valence-corrected chi connectivity index (χ1v) is 5.17. The molecule has 8 nitrogen and oxygen atoms in total. The van der Waals surface area contributed by atoms with Gasteiger partial charge in [0.25, 0.3) is 0 Å². The van der Waals surface area contributed by atoms with Gasteiger partial charge in [0, 0.05) is 11.8 Å². The molecule has 0 bridgehead atoms. The molecule has 0 spiro atoms. The third-order valence-corrected chi connectivity index (χ3v) is 2.47. The van der Waals surface area contributed by atoms with Gasteiger partial charge in [-0.1, -0.05) is 0 Å². The zero-order chi connectivity index (χ0) is 13.9. The van der Waals surface area contributed by atoms with E-state index in [4.69, 9.17) is 10.2 Å². The van der Waals surface area contributed by atoms with Gasteiger partial charge in [-0.25, -0.2) is 4.79 Å². The largest absolute Gasteiger partial charge is 0.481 e. The van der Waals surface area contributed by atoms with Gasteiger partial charge in [-0.15, -0.1) is 0 Å². The highest BCUT2D eigenvalue weighted by Crippen LogP contribution is 2.19. The van der Waals surface area contributed by atoms with Gasteiger partial charge >= 0.3 is 11.9 Å². The van der Waals surface area contributed by atoms with E-state index in [0.29, 0.717) is 0 Å². The molecule has 0 aliphatic heterocycles. The van der Waals surface area contributed by atoms with E-state index >= 15 is 0 Å². The quantitative estimate of drug-likeness (QED) is 0.535. The van der Waals surface area contributed by atoms with Crippen LogP contribution in [-0.2, 0) is 9.59 Å². The molecule has 0 aromatic carbocycles. The van der Waals surface area contributed by atoms with Gasteiger partial charge in [-0.05, 0) is 6.92 Å². The zero-order valence-corrected chi connectivity index (χ0v) is 9.59. The maximum Gasteiger partial charge on any atom is 0.328 e.